The van der Waals surface area contributed by atoms with Gasteiger partial charge in [-0.15, -0.1) is 0 Å². The highest BCUT2D eigenvalue weighted by Crippen LogP contribution is 2.65. The molecule has 5 rings (SSSR count). The second kappa shape index (κ2) is 7.64. The van der Waals surface area contributed by atoms with E-state index in [1.165, 1.54) is 25.7 Å². The van der Waals surface area contributed by atoms with Crippen molar-refractivity contribution in [2.45, 2.75) is 58.8 Å². The Balaban J connectivity index is 1.50. The Labute approximate surface area is 191 Å². The van der Waals surface area contributed by atoms with Gasteiger partial charge in [0.05, 0.1) is 13.0 Å². The smallest absolute Gasteiger partial charge is 0.228 e. The molecular formula is C27H36N2O3. The van der Waals surface area contributed by atoms with Crippen molar-refractivity contribution in [1.82, 2.24) is 4.90 Å². The third-order valence-corrected chi connectivity index (χ3v) is 9.62. The van der Waals surface area contributed by atoms with Crippen LogP contribution in [0.25, 0.3) is 0 Å². The van der Waals surface area contributed by atoms with Gasteiger partial charge in [-0.2, -0.15) is 0 Å². The monoisotopic (exact) mass is 436 g/mol. The Morgan fingerprint density at radius 2 is 2.00 bits per heavy atom. The highest BCUT2D eigenvalue weighted by Gasteiger charge is 2.61. The lowest BCUT2D eigenvalue weighted by atomic mass is 9.47. The lowest BCUT2D eigenvalue weighted by molar-refractivity contribution is -0.148. The maximum atomic E-state index is 13.7. The van der Waals surface area contributed by atoms with Crippen LogP contribution in [0.15, 0.2) is 36.0 Å². The molecule has 6 atom stereocenters. The van der Waals surface area contributed by atoms with Crippen molar-refractivity contribution in [2.75, 3.05) is 19.5 Å². The number of likely N-dealkylation sites (tertiary alicyclic amines) is 1. The van der Waals surface area contributed by atoms with Gasteiger partial charge in [0, 0.05) is 36.3 Å². The van der Waals surface area contributed by atoms with Crippen molar-refractivity contribution in [3.63, 3.8) is 0 Å². The molecule has 3 fully saturated rings. The van der Waals surface area contributed by atoms with Crippen LogP contribution in [0.5, 0.6) is 5.75 Å². The van der Waals surface area contributed by atoms with E-state index in [9.17, 15) is 9.59 Å². The minimum absolute atomic E-state index is 0.0412. The summed E-state index contributed by atoms with van der Waals surface area (Å²) in [6.45, 7) is 4.76. The van der Waals surface area contributed by atoms with Crippen molar-refractivity contribution < 1.29 is 14.3 Å². The highest BCUT2D eigenvalue weighted by atomic mass is 16.5. The molecule has 32 heavy (non-hydrogen) atoms. The van der Waals surface area contributed by atoms with E-state index >= 15 is 0 Å². The molecule has 1 unspecified atom stereocenters. The van der Waals surface area contributed by atoms with E-state index in [0.717, 1.165) is 24.5 Å². The molecule has 1 aromatic rings. The highest BCUT2D eigenvalue weighted by molar-refractivity contribution is 5.97. The van der Waals surface area contributed by atoms with Gasteiger partial charge in [-0.25, -0.2) is 0 Å². The van der Waals surface area contributed by atoms with Crippen LogP contribution in [0, 0.1) is 34.5 Å². The summed E-state index contributed by atoms with van der Waals surface area (Å²) in [7, 11) is 3.52. The second-order valence-corrected chi connectivity index (χ2v) is 11.0. The molecule has 0 bridgehead atoms. The van der Waals surface area contributed by atoms with Gasteiger partial charge in [0.1, 0.15) is 5.75 Å². The summed E-state index contributed by atoms with van der Waals surface area (Å²) in [5, 5.41) is 3.11. The van der Waals surface area contributed by atoms with Gasteiger partial charge in [0.15, 0.2) is 0 Å². The number of fused-ring (bicyclic) bond motifs is 5. The van der Waals surface area contributed by atoms with Crippen LogP contribution in [-0.4, -0.2) is 30.9 Å². The van der Waals surface area contributed by atoms with Gasteiger partial charge in [0.25, 0.3) is 0 Å². The van der Waals surface area contributed by atoms with E-state index in [1.54, 1.807) is 7.11 Å². The predicted molar refractivity (Wildman–Crippen MR) is 125 cm³/mol. The van der Waals surface area contributed by atoms with Gasteiger partial charge in [-0.05, 0) is 67.4 Å². The molecule has 2 amide bonds. The minimum Gasteiger partial charge on any atom is -0.497 e. The van der Waals surface area contributed by atoms with Crippen molar-refractivity contribution in [3.05, 3.63) is 36.0 Å². The van der Waals surface area contributed by atoms with Crippen molar-refractivity contribution in [1.29, 1.82) is 0 Å². The molecule has 1 N–H and O–H groups in total. The first-order chi connectivity index (χ1) is 15.3. The Morgan fingerprint density at radius 3 is 2.78 bits per heavy atom. The zero-order chi connectivity index (χ0) is 22.7. The van der Waals surface area contributed by atoms with Crippen molar-refractivity contribution in [3.8, 4) is 5.75 Å². The molecule has 1 aliphatic heterocycles. The molecule has 0 aromatic heterocycles. The summed E-state index contributed by atoms with van der Waals surface area (Å²) in [4.78, 5) is 28.5. The number of methoxy groups -OCH3 is 1. The van der Waals surface area contributed by atoms with Crippen LogP contribution >= 0.6 is 0 Å². The Bertz CT molecular complexity index is 971. The fourth-order valence-electron chi connectivity index (χ4n) is 7.90. The summed E-state index contributed by atoms with van der Waals surface area (Å²) in [6.07, 6.45) is 9.98. The summed E-state index contributed by atoms with van der Waals surface area (Å²) < 4.78 is 5.32. The lowest BCUT2D eigenvalue weighted by Gasteiger charge is -2.59. The van der Waals surface area contributed by atoms with Crippen LogP contribution in [0.3, 0.4) is 0 Å². The number of hydrogen-bond acceptors (Lipinski definition) is 3. The van der Waals surface area contributed by atoms with Gasteiger partial charge in [0.2, 0.25) is 11.8 Å². The number of amides is 2. The van der Waals surface area contributed by atoms with Crippen LogP contribution in [0.2, 0.25) is 0 Å². The number of carbonyl (C=O) groups is 2. The SMILES string of the molecule is COc1cccc(NC(=O)C2CC(=O)N(C)C3=CC[C@@H]4[C@@H](CC[C@]5(C)CCC[C@@H]45)[C@]32C)c1. The number of benzene rings is 1. The average molecular weight is 437 g/mol. The van der Waals surface area contributed by atoms with E-state index in [2.05, 4.69) is 25.2 Å². The molecule has 1 aromatic carbocycles. The van der Waals surface area contributed by atoms with E-state index in [-0.39, 0.29) is 29.6 Å². The lowest BCUT2D eigenvalue weighted by Crippen LogP contribution is -2.58. The van der Waals surface area contributed by atoms with Gasteiger partial charge in [-0.3, -0.25) is 9.59 Å². The quantitative estimate of drug-likeness (QED) is 0.705. The van der Waals surface area contributed by atoms with Gasteiger partial charge >= 0.3 is 0 Å². The average Bonchev–Trinajstić information content (AvgIpc) is 3.18. The van der Waals surface area contributed by atoms with Crippen LogP contribution in [0.4, 0.5) is 5.69 Å². The largest absolute Gasteiger partial charge is 0.497 e. The zero-order valence-corrected chi connectivity index (χ0v) is 19.8. The maximum Gasteiger partial charge on any atom is 0.228 e. The number of nitrogens with zero attached hydrogens (tertiary/aromatic N) is 1. The normalized spacial score (nSPS) is 38.3. The summed E-state index contributed by atoms with van der Waals surface area (Å²) in [5.41, 5.74) is 1.92. The van der Waals surface area contributed by atoms with Crippen molar-refractivity contribution >= 4 is 17.5 Å². The number of nitrogens with one attached hydrogen (secondary N) is 1. The standard InChI is InChI=1S/C27H36N2O3/c1-26-13-6-9-20(26)19-10-11-23-27(2,21(19)12-14-26)22(16-24(30)29(23)3)25(31)28-17-7-5-8-18(15-17)32-4/h5,7-8,11,15,19-22H,6,9-10,12-14,16H2,1-4H3,(H,28,31)/t19-,20-,21+,22?,26-,27-/m0/s1. The van der Waals surface area contributed by atoms with E-state index in [0.29, 0.717) is 28.7 Å². The van der Waals surface area contributed by atoms with Crippen LogP contribution in [-0.2, 0) is 9.59 Å². The van der Waals surface area contributed by atoms with E-state index in [1.807, 2.05) is 36.2 Å². The van der Waals surface area contributed by atoms with Crippen LogP contribution < -0.4 is 10.1 Å². The molecule has 172 valence electrons. The van der Waals surface area contributed by atoms with Gasteiger partial charge in [-0.1, -0.05) is 32.4 Å². The summed E-state index contributed by atoms with van der Waals surface area (Å²) in [6, 6.07) is 7.45. The molecule has 4 aliphatic rings. The molecule has 2 saturated carbocycles. The minimum atomic E-state index is -0.359. The number of rotatable bonds is 3. The molecule has 5 nitrogen and oxygen atoms in total. The first kappa shape index (κ1) is 21.5. The topological polar surface area (TPSA) is 58.6 Å². The second-order valence-electron chi connectivity index (χ2n) is 11.0. The molecule has 5 heteroatoms. The third kappa shape index (κ3) is 3.11. The van der Waals surface area contributed by atoms with Gasteiger partial charge < -0.3 is 15.0 Å². The summed E-state index contributed by atoms with van der Waals surface area (Å²) in [5.74, 6) is 2.13. The molecule has 3 aliphatic carbocycles. The predicted octanol–water partition coefficient (Wildman–Crippen LogP) is 5.24. The molecule has 0 radical (unpaired) electrons. The first-order valence-electron chi connectivity index (χ1n) is 12.2. The number of hydrogen-bond donors (Lipinski definition) is 1. The maximum absolute atomic E-state index is 13.7. The first-order valence-corrected chi connectivity index (χ1v) is 12.2. The Hall–Kier alpha value is -2.30. The zero-order valence-electron chi connectivity index (χ0n) is 19.8. The molecule has 0 spiro atoms. The fraction of sp³-hybridized carbons (Fsp3) is 0.630. The number of allylic oxidation sites excluding steroid dienone is 2. The number of anilines is 1. The van der Waals surface area contributed by atoms with Crippen LogP contribution in [0.1, 0.15) is 58.8 Å². The third-order valence-electron chi connectivity index (χ3n) is 9.62. The molecular weight excluding hydrogens is 400 g/mol. The fourth-order valence-corrected chi connectivity index (χ4v) is 7.90. The van der Waals surface area contributed by atoms with E-state index in [4.69, 9.17) is 4.74 Å². The summed E-state index contributed by atoms with van der Waals surface area (Å²) >= 11 is 0. The Kier molecular flexibility index (Phi) is 5.14. The number of ether oxygens (including phenoxy) is 1. The molecule has 1 heterocycles. The number of piperidine rings is 1. The number of carbonyl (C=O) groups excluding carboxylic acids is 2. The molecule has 1 saturated heterocycles. The van der Waals surface area contributed by atoms with E-state index < -0.39 is 0 Å². The van der Waals surface area contributed by atoms with Crippen molar-refractivity contribution in [2.24, 2.45) is 34.5 Å². The Morgan fingerprint density at radius 1 is 1.19 bits per heavy atom.